The second-order valence-corrected chi connectivity index (χ2v) is 8.91. The van der Waals surface area contributed by atoms with Crippen LogP contribution in [-0.4, -0.2) is 45.8 Å². The van der Waals surface area contributed by atoms with E-state index in [9.17, 15) is 9.59 Å². The van der Waals surface area contributed by atoms with E-state index in [1.54, 1.807) is 30.6 Å². The summed E-state index contributed by atoms with van der Waals surface area (Å²) in [7, 11) is 0. The minimum absolute atomic E-state index is 0.0714. The molecule has 32 heavy (non-hydrogen) atoms. The summed E-state index contributed by atoms with van der Waals surface area (Å²) in [6, 6.07) is 8.89. The Morgan fingerprint density at radius 2 is 1.88 bits per heavy atom. The number of hydrogen-bond acceptors (Lipinski definition) is 7. The number of benzene rings is 1. The number of piperidine rings is 1. The van der Waals surface area contributed by atoms with Crippen molar-refractivity contribution < 1.29 is 23.8 Å². The summed E-state index contributed by atoms with van der Waals surface area (Å²) in [5.74, 6) is -0.688. The number of aromatic nitrogens is 1. The van der Waals surface area contributed by atoms with Crippen molar-refractivity contribution in [2.24, 2.45) is 0 Å². The molecule has 166 valence electrons. The molecule has 2 fully saturated rings. The highest BCUT2D eigenvalue weighted by atomic mass is 35.5. The van der Waals surface area contributed by atoms with Crippen molar-refractivity contribution in [3.8, 4) is 5.75 Å². The molecule has 4 atom stereocenters. The van der Waals surface area contributed by atoms with E-state index < -0.39 is 29.9 Å². The Balaban J connectivity index is 1.52. The molecule has 3 aliphatic rings. The molecule has 4 heterocycles. The van der Waals surface area contributed by atoms with Gasteiger partial charge in [0.25, 0.3) is 0 Å². The van der Waals surface area contributed by atoms with Gasteiger partial charge in [0.2, 0.25) is 5.72 Å². The van der Waals surface area contributed by atoms with Crippen LogP contribution in [0.2, 0.25) is 10.0 Å². The molecule has 0 saturated carbocycles. The van der Waals surface area contributed by atoms with E-state index in [-0.39, 0.29) is 6.04 Å². The molecular formula is C23H20Cl2N2O5. The number of ether oxygens (including phenoxy) is 3. The van der Waals surface area contributed by atoms with Gasteiger partial charge in [0, 0.05) is 56.0 Å². The fourth-order valence-electron chi connectivity index (χ4n) is 4.84. The Hall–Kier alpha value is -2.61. The van der Waals surface area contributed by atoms with Crippen molar-refractivity contribution in [1.29, 1.82) is 0 Å². The molecule has 3 aliphatic heterocycles. The zero-order valence-corrected chi connectivity index (χ0v) is 18.5. The number of carbonyl (C=O) groups is 2. The Labute approximate surface area is 194 Å². The average molecular weight is 475 g/mol. The molecule has 7 nitrogen and oxygen atoms in total. The van der Waals surface area contributed by atoms with E-state index in [0.29, 0.717) is 35.2 Å². The Kier molecular flexibility index (Phi) is 5.57. The van der Waals surface area contributed by atoms with Crippen molar-refractivity contribution in [3.63, 3.8) is 0 Å². The zero-order chi connectivity index (χ0) is 22.3. The third-order valence-electron chi connectivity index (χ3n) is 6.21. The van der Waals surface area contributed by atoms with Gasteiger partial charge in [-0.05, 0) is 36.2 Å². The summed E-state index contributed by atoms with van der Waals surface area (Å²) in [4.78, 5) is 31.2. The molecule has 9 heteroatoms. The molecular weight excluding hydrogens is 455 g/mol. The monoisotopic (exact) mass is 474 g/mol. The van der Waals surface area contributed by atoms with Crippen LogP contribution in [0.5, 0.6) is 5.75 Å². The smallest absolute Gasteiger partial charge is 0.332 e. The average Bonchev–Trinajstić information content (AvgIpc) is 3.02. The Morgan fingerprint density at radius 3 is 2.66 bits per heavy atom. The van der Waals surface area contributed by atoms with E-state index in [4.69, 9.17) is 37.4 Å². The van der Waals surface area contributed by atoms with Crippen LogP contribution in [0, 0.1) is 0 Å². The fourth-order valence-corrected chi connectivity index (χ4v) is 5.13. The molecule has 0 aliphatic carbocycles. The third-order valence-corrected chi connectivity index (χ3v) is 6.95. The van der Waals surface area contributed by atoms with E-state index in [2.05, 4.69) is 9.88 Å². The van der Waals surface area contributed by atoms with Crippen molar-refractivity contribution >= 4 is 35.1 Å². The lowest BCUT2D eigenvalue weighted by Crippen LogP contribution is -2.67. The summed E-state index contributed by atoms with van der Waals surface area (Å²) in [6.07, 6.45) is 6.17. The topological polar surface area (TPSA) is 78.0 Å². The highest BCUT2D eigenvalue weighted by molar-refractivity contribution is 6.42. The number of nitrogens with zero attached hydrogens (tertiary/aromatic N) is 2. The van der Waals surface area contributed by atoms with E-state index in [1.807, 2.05) is 12.1 Å². The lowest BCUT2D eigenvalue weighted by Gasteiger charge is -2.50. The van der Waals surface area contributed by atoms with Crippen LogP contribution in [0.3, 0.4) is 0 Å². The number of hydrogen-bond donors (Lipinski definition) is 0. The molecule has 2 aromatic rings. The Bertz CT molecular complexity index is 1080. The SMILES string of the molecule is O=C1/C=C/C(=O)OC23CCC(CC(Oc4ccc(Cl)c(Cl)c4)C2O1)N3Cc1ccncc1. The standard InChI is InChI=1S/C23H20Cl2N2O5/c24-17-2-1-16(12-18(17)25)30-19-11-15-5-8-23(27(15)13-14-6-9-26-10-7-14)22(19)31-20(28)3-4-21(29)32-23/h1-4,6-7,9-10,12,15,19,22H,5,8,11,13H2/b4-3+. The highest BCUT2D eigenvalue weighted by Gasteiger charge is 2.63. The summed E-state index contributed by atoms with van der Waals surface area (Å²) in [6.45, 7) is 0.526. The van der Waals surface area contributed by atoms with Crippen LogP contribution in [0.1, 0.15) is 24.8 Å². The molecule has 1 spiro atoms. The van der Waals surface area contributed by atoms with Crippen LogP contribution in [0.15, 0.2) is 54.9 Å². The number of fused-ring (bicyclic) bond motifs is 1. The molecule has 0 amide bonds. The number of esters is 2. The van der Waals surface area contributed by atoms with Crippen molar-refractivity contribution in [1.82, 2.24) is 9.88 Å². The number of rotatable bonds is 4. The fraction of sp³-hybridized carbons (Fsp3) is 0.348. The van der Waals surface area contributed by atoms with Crippen LogP contribution in [0.4, 0.5) is 0 Å². The molecule has 2 saturated heterocycles. The lowest BCUT2D eigenvalue weighted by atomic mass is 9.91. The normalized spacial score (nSPS) is 30.5. The molecule has 0 N–H and O–H groups in total. The maximum Gasteiger partial charge on any atom is 0.332 e. The summed E-state index contributed by atoms with van der Waals surface area (Å²) >= 11 is 12.2. The van der Waals surface area contributed by atoms with E-state index >= 15 is 0 Å². The minimum atomic E-state index is -1.13. The van der Waals surface area contributed by atoms with Crippen LogP contribution >= 0.6 is 23.2 Å². The van der Waals surface area contributed by atoms with Gasteiger partial charge < -0.3 is 14.2 Å². The molecule has 5 rings (SSSR count). The first kappa shape index (κ1) is 21.2. The summed E-state index contributed by atoms with van der Waals surface area (Å²) < 4.78 is 18.1. The molecule has 1 aromatic carbocycles. The molecule has 0 radical (unpaired) electrons. The van der Waals surface area contributed by atoms with Gasteiger partial charge in [-0.15, -0.1) is 0 Å². The van der Waals surface area contributed by atoms with Gasteiger partial charge in [-0.3, -0.25) is 9.88 Å². The van der Waals surface area contributed by atoms with Crippen molar-refractivity contribution in [3.05, 3.63) is 70.5 Å². The van der Waals surface area contributed by atoms with E-state index in [0.717, 1.165) is 24.1 Å². The highest BCUT2D eigenvalue weighted by Crippen LogP contribution is 2.49. The quantitative estimate of drug-likeness (QED) is 0.621. The second-order valence-electron chi connectivity index (χ2n) is 8.10. The zero-order valence-electron chi connectivity index (χ0n) is 16.9. The van der Waals surface area contributed by atoms with E-state index in [1.165, 1.54) is 0 Å². The van der Waals surface area contributed by atoms with Gasteiger partial charge in [0.05, 0.1) is 10.0 Å². The summed E-state index contributed by atoms with van der Waals surface area (Å²) in [5.41, 5.74) is -0.112. The minimum Gasteiger partial charge on any atom is -0.486 e. The largest absolute Gasteiger partial charge is 0.486 e. The van der Waals surface area contributed by atoms with Crippen LogP contribution in [0.25, 0.3) is 0 Å². The first-order chi connectivity index (χ1) is 15.4. The Morgan fingerprint density at radius 1 is 1.09 bits per heavy atom. The van der Waals surface area contributed by atoms with Gasteiger partial charge in [-0.2, -0.15) is 0 Å². The predicted octanol–water partition coefficient (Wildman–Crippen LogP) is 3.93. The number of halogens is 2. The predicted molar refractivity (Wildman–Crippen MR) is 116 cm³/mol. The first-order valence-corrected chi connectivity index (χ1v) is 11.1. The van der Waals surface area contributed by atoms with Gasteiger partial charge in [0.15, 0.2) is 6.10 Å². The van der Waals surface area contributed by atoms with Gasteiger partial charge in [0.1, 0.15) is 11.9 Å². The second kappa shape index (κ2) is 8.39. The summed E-state index contributed by atoms with van der Waals surface area (Å²) in [5, 5.41) is 0.778. The third kappa shape index (κ3) is 3.85. The van der Waals surface area contributed by atoms with Crippen molar-refractivity contribution in [2.75, 3.05) is 0 Å². The molecule has 4 unspecified atom stereocenters. The number of carbonyl (C=O) groups excluding carboxylic acids is 2. The lowest BCUT2D eigenvalue weighted by molar-refractivity contribution is -0.246. The van der Waals surface area contributed by atoms with Crippen LogP contribution < -0.4 is 4.74 Å². The van der Waals surface area contributed by atoms with Gasteiger partial charge >= 0.3 is 11.9 Å². The maximum atomic E-state index is 12.5. The van der Waals surface area contributed by atoms with Crippen LogP contribution in [-0.2, 0) is 25.6 Å². The molecule has 2 bridgehead atoms. The number of pyridine rings is 1. The van der Waals surface area contributed by atoms with Gasteiger partial charge in [-0.1, -0.05) is 23.2 Å². The van der Waals surface area contributed by atoms with Crippen molar-refractivity contribution in [2.45, 2.75) is 49.8 Å². The van der Waals surface area contributed by atoms with Gasteiger partial charge in [-0.25, -0.2) is 9.59 Å². The first-order valence-electron chi connectivity index (χ1n) is 10.3. The maximum absolute atomic E-state index is 12.5. The molecule has 1 aromatic heterocycles.